The number of nitrogens with zero attached hydrogens (tertiary/aromatic N) is 2. The molecule has 1 heterocycles. The van der Waals surface area contributed by atoms with Crippen molar-refractivity contribution in [2.75, 3.05) is 46.9 Å². The molecule has 0 aliphatic carbocycles. The summed E-state index contributed by atoms with van der Waals surface area (Å²) < 4.78 is 5.17. The zero-order valence-corrected chi connectivity index (χ0v) is 14.6. The van der Waals surface area contributed by atoms with Gasteiger partial charge in [-0.15, -0.1) is 0 Å². The number of urea groups is 1. The van der Waals surface area contributed by atoms with E-state index >= 15 is 0 Å². The van der Waals surface area contributed by atoms with Crippen molar-refractivity contribution in [1.82, 2.24) is 20.4 Å². The van der Waals surface area contributed by atoms with Gasteiger partial charge in [-0.3, -0.25) is 19.8 Å². The fraction of sp³-hybridized carbons (Fsp3) is 0.471. The molecule has 2 rings (SSSR count). The molecule has 1 aliphatic heterocycles. The molecule has 0 spiro atoms. The number of benzene rings is 1. The summed E-state index contributed by atoms with van der Waals surface area (Å²) in [6.45, 7) is 2.48. The first-order chi connectivity index (χ1) is 12.0. The Morgan fingerprint density at radius 2 is 1.88 bits per heavy atom. The molecule has 0 bridgehead atoms. The smallest absolute Gasteiger partial charge is 0.321 e. The maximum Gasteiger partial charge on any atom is 0.321 e. The molecule has 0 radical (unpaired) electrons. The summed E-state index contributed by atoms with van der Waals surface area (Å²) >= 11 is 0. The second kappa shape index (κ2) is 9.03. The molecular weight excluding hydrogens is 324 g/mol. The normalized spacial score (nSPS) is 14.7. The summed E-state index contributed by atoms with van der Waals surface area (Å²) in [5.41, 5.74) is 0.914. The van der Waals surface area contributed by atoms with Gasteiger partial charge < -0.3 is 15.0 Å². The van der Waals surface area contributed by atoms with E-state index in [1.807, 2.05) is 29.2 Å². The summed E-state index contributed by atoms with van der Waals surface area (Å²) in [7, 11) is 3.05. The number of carbonyl (C=O) groups is 3. The molecule has 4 amide bonds. The standard InChI is InChI=1S/C17H24N4O4/c1-18-17(24)19-15(22)12-20-6-8-21(9-7-20)16(23)11-13-4-3-5-14(10-13)25-2/h3-5,10H,6-9,11-12H2,1-2H3,(H2,18,19,22,24). The van der Waals surface area contributed by atoms with Crippen LogP contribution in [0.5, 0.6) is 5.75 Å². The Kier molecular flexibility index (Phi) is 6.76. The van der Waals surface area contributed by atoms with E-state index in [0.717, 1.165) is 11.3 Å². The lowest BCUT2D eigenvalue weighted by Gasteiger charge is -2.34. The number of hydrogen-bond donors (Lipinski definition) is 2. The van der Waals surface area contributed by atoms with Crippen LogP contribution in [0.25, 0.3) is 0 Å². The third kappa shape index (κ3) is 5.75. The number of hydrogen-bond acceptors (Lipinski definition) is 5. The molecule has 0 aromatic heterocycles. The van der Waals surface area contributed by atoms with E-state index in [2.05, 4.69) is 10.6 Å². The van der Waals surface area contributed by atoms with Crippen LogP contribution in [0.2, 0.25) is 0 Å². The predicted octanol–water partition coefficient (Wildman–Crippen LogP) is -0.162. The highest BCUT2D eigenvalue weighted by atomic mass is 16.5. The van der Waals surface area contributed by atoms with Gasteiger partial charge in [-0.25, -0.2) is 4.79 Å². The molecule has 1 aliphatic rings. The topological polar surface area (TPSA) is 91.0 Å². The van der Waals surface area contributed by atoms with Crippen LogP contribution in [0.4, 0.5) is 4.79 Å². The molecule has 0 atom stereocenters. The van der Waals surface area contributed by atoms with Gasteiger partial charge in [0.05, 0.1) is 20.1 Å². The van der Waals surface area contributed by atoms with E-state index in [1.54, 1.807) is 12.0 Å². The number of methoxy groups -OCH3 is 1. The molecule has 0 saturated carbocycles. The fourth-order valence-corrected chi connectivity index (χ4v) is 2.66. The Bertz CT molecular complexity index is 627. The zero-order valence-electron chi connectivity index (χ0n) is 14.6. The first-order valence-corrected chi connectivity index (χ1v) is 8.16. The van der Waals surface area contributed by atoms with Crippen molar-refractivity contribution in [2.45, 2.75) is 6.42 Å². The van der Waals surface area contributed by atoms with Crippen LogP contribution in [0.3, 0.4) is 0 Å². The first-order valence-electron chi connectivity index (χ1n) is 8.16. The number of rotatable bonds is 5. The van der Waals surface area contributed by atoms with Crippen LogP contribution in [-0.4, -0.2) is 74.5 Å². The van der Waals surface area contributed by atoms with Crippen molar-refractivity contribution in [3.8, 4) is 5.75 Å². The molecule has 136 valence electrons. The molecule has 1 aromatic rings. The van der Waals surface area contributed by atoms with Crippen LogP contribution in [-0.2, 0) is 16.0 Å². The average molecular weight is 348 g/mol. The lowest BCUT2D eigenvalue weighted by molar-refractivity contribution is -0.132. The van der Waals surface area contributed by atoms with Gasteiger partial charge in [-0.1, -0.05) is 12.1 Å². The van der Waals surface area contributed by atoms with Crippen molar-refractivity contribution >= 4 is 17.8 Å². The maximum atomic E-state index is 12.4. The molecule has 0 unspecified atom stereocenters. The molecule has 25 heavy (non-hydrogen) atoms. The third-order valence-corrected chi connectivity index (χ3v) is 4.06. The molecule has 1 aromatic carbocycles. The van der Waals surface area contributed by atoms with E-state index in [1.165, 1.54) is 7.05 Å². The van der Waals surface area contributed by atoms with Gasteiger partial charge >= 0.3 is 6.03 Å². The number of piperazine rings is 1. The van der Waals surface area contributed by atoms with Crippen LogP contribution < -0.4 is 15.4 Å². The number of amides is 4. The molecule has 8 heteroatoms. The summed E-state index contributed by atoms with van der Waals surface area (Å²) in [4.78, 5) is 38.9. The number of ether oxygens (including phenoxy) is 1. The van der Waals surface area contributed by atoms with E-state index in [4.69, 9.17) is 4.74 Å². The van der Waals surface area contributed by atoms with E-state index in [-0.39, 0.29) is 18.4 Å². The summed E-state index contributed by atoms with van der Waals surface area (Å²) in [5.74, 6) is 0.440. The summed E-state index contributed by atoms with van der Waals surface area (Å²) in [6, 6.07) is 6.95. The highest BCUT2D eigenvalue weighted by Crippen LogP contribution is 2.14. The minimum atomic E-state index is -0.517. The summed E-state index contributed by atoms with van der Waals surface area (Å²) in [5, 5.41) is 4.57. The molecule has 2 N–H and O–H groups in total. The lowest BCUT2D eigenvalue weighted by atomic mass is 10.1. The van der Waals surface area contributed by atoms with Crippen molar-refractivity contribution in [3.63, 3.8) is 0 Å². The van der Waals surface area contributed by atoms with Crippen LogP contribution in [0, 0.1) is 0 Å². The number of imide groups is 1. The molecular formula is C17H24N4O4. The summed E-state index contributed by atoms with van der Waals surface area (Å²) in [6.07, 6.45) is 0.328. The van der Waals surface area contributed by atoms with E-state index < -0.39 is 6.03 Å². The number of nitrogens with one attached hydrogen (secondary N) is 2. The minimum absolute atomic E-state index is 0.0581. The monoisotopic (exact) mass is 348 g/mol. The Hall–Kier alpha value is -2.61. The second-order valence-corrected chi connectivity index (χ2v) is 5.81. The van der Waals surface area contributed by atoms with Crippen molar-refractivity contribution in [2.24, 2.45) is 0 Å². The minimum Gasteiger partial charge on any atom is -0.497 e. The van der Waals surface area contributed by atoms with Gasteiger partial charge in [-0.2, -0.15) is 0 Å². The highest BCUT2D eigenvalue weighted by molar-refractivity contribution is 5.95. The Morgan fingerprint density at radius 1 is 1.16 bits per heavy atom. The SMILES string of the molecule is CNC(=O)NC(=O)CN1CCN(C(=O)Cc2cccc(OC)c2)CC1. The van der Waals surface area contributed by atoms with Crippen LogP contribution in [0.1, 0.15) is 5.56 Å². The van der Waals surface area contributed by atoms with E-state index in [9.17, 15) is 14.4 Å². The Labute approximate surface area is 147 Å². The van der Waals surface area contributed by atoms with Crippen LogP contribution in [0.15, 0.2) is 24.3 Å². The van der Waals surface area contributed by atoms with Gasteiger partial charge in [0, 0.05) is 33.2 Å². The van der Waals surface area contributed by atoms with Gasteiger partial charge in [0.2, 0.25) is 11.8 Å². The molecule has 1 saturated heterocycles. The molecule has 1 fully saturated rings. The number of carbonyl (C=O) groups excluding carboxylic acids is 3. The Balaban J connectivity index is 1.78. The molecule has 8 nitrogen and oxygen atoms in total. The third-order valence-electron chi connectivity index (χ3n) is 4.06. The van der Waals surface area contributed by atoms with E-state index in [0.29, 0.717) is 32.6 Å². The van der Waals surface area contributed by atoms with Gasteiger partial charge in [-0.05, 0) is 17.7 Å². The Morgan fingerprint density at radius 3 is 2.52 bits per heavy atom. The zero-order chi connectivity index (χ0) is 18.2. The van der Waals surface area contributed by atoms with Crippen molar-refractivity contribution in [1.29, 1.82) is 0 Å². The quantitative estimate of drug-likeness (QED) is 0.771. The second-order valence-electron chi connectivity index (χ2n) is 5.81. The first kappa shape index (κ1) is 18.7. The van der Waals surface area contributed by atoms with Gasteiger partial charge in [0.25, 0.3) is 0 Å². The maximum absolute atomic E-state index is 12.4. The largest absolute Gasteiger partial charge is 0.497 e. The fourth-order valence-electron chi connectivity index (χ4n) is 2.66. The average Bonchev–Trinajstić information content (AvgIpc) is 2.62. The van der Waals surface area contributed by atoms with Crippen molar-refractivity contribution < 1.29 is 19.1 Å². The lowest BCUT2D eigenvalue weighted by Crippen LogP contribution is -2.52. The van der Waals surface area contributed by atoms with Gasteiger partial charge in [0.1, 0.15) is 5.75 Å². The van der Waals surface area contributed by atoms with Crippen LogP contribution >= 0.6 is 0 Å². The van der Waals surface area contributed by atoms with Gasteiger partial charge in [0.15, 0.2) is 0 Å². The van der Waals surface area contributed by atoms with Crippen molar-refractivity contribution in [3.05, 3.63) is 29.8 Å². The predicted molar refractivity (Wildman–Crippen MR) is 92.3 cm³/mol. The highest BCUT2D eigenvalue weighted by Gasteiger charge is 2.22.